The maximum atomic E-state index is 10.4. The molecule has 2 rings (SSSR count). The molecule has 1 unspecified atom stereocenters. The standard InChI is InChI=1S/C16H17IO2/c1-11-5-3-8-14(16(11)17)15(18)10-12-6-4-7-13(9-12)19-2/h3-9,15,18H,10H2,1-2H3. The first-order valence-corrected chi connectivity index (χ1v) is 7.25. The van der Waals surface area contributed by atoms with Gasteiger partial charge in [0.05, 0.1) is 13.2 Å². The van der Waals surface area contributed by atoms with Crippen LogP contribution in [0.15, 0.2) is 42.5 Å². The summed E-state index contributed by atoms with van der Waals surface area (Å²) in [7, 11) is 1.65. The van der Waals surface area contributed by atoms with E-state index in [2.05, 4.69) is 35.6 Å². The van der Waals surface area contributed by atoms with Crippen molar-refractivity contribution >= 4 is 22.6 Å². The summed E-state index contributed by atoms with van der Waals surface area (Å²) in [6, 6.07) is 13.9. The van der Waals surface area contributed by atoms with E-state index in [0.717, 1.165) is 20.4 Å². The highest BCUT2D eigenvalue weighted by atomic mass is 127. The molecule has 0 bridgehead atoms. The van der Waals surface area contributed by atoms with Crippen molar-refractivity contribution in [3.63, 3.8) is 0 Å². The molecule has 3 heteroatoms. The molecule has 0 heterocycles. The molecule has 2 nitrogen and oxygen atoms in total. The Balaban J connectivity index is 2.20. The smallest absolute Gasteiger partial charge is 0.119 e. The van der Waals surface area contributed by atoms with Gasteiger partial charge in [-0.2, -0.15) is 0 Å². The number of methoxy groups -OCH3 is 1. The molecule has 19 heavy (non-hydrogen) atoms. The van der Waals surface area contributed by atoms with Crippen LogP contribution in [0.1, 0.15) is 22.8 Å². The number of aliphatic hydroxyl groups excluding tert-OH is 1. The third kappa shape index (κ3) is 3.48. The summed E-state index contributed by atoms with van der Waals surface area (Å²) in [6.07, 6.45) is 0.107. The Morgan fingerprint density at radius 2 is 1.95 bits per heavy atom. The van der Waals surface area contributed by atoms with E-state index in [1.807, 2.05) is 36.4 Å². The van der Waals surface area contributed by atoms with E-state index in [-0.39, 0.29) is 0 Å². The zero-order valence-corrected chi connectivity index (χ0v) is 13.2. The SMILES string of the molecule is COc1cccc(CC(O)c2cccc(C)c2I)c1. The number of halogens is 1. The molecule has 0 aliphatic carbocycles. The highest BCUT2D eigenvalue weighted by Gasteiger charge is 2.13. The number of rotatable bonds is 4. The third-order valence-corrected chi connectivity index (χ3v) is 4.62. The quantitative estimate of drug-likeness (QED) is 0.830. The van der Waals surface area contributed by atoms with Gasteiger partial charge in [-0.1, -0.05) is 30.3 Å². The largest absolute Gasteiger partial charge is 0.497 e. The zero-order chi connectivity index (χ0) is 13.8. The lowest BCUT2D eigenvalue weighted by Gasteiger charge is -2.15. The van der Waals surface area contributed by atoms with Gasteiger partial charge in [0.2, 0.25) is 0 Å². The van der Waals surface area contributed by atoms with Crippen LogP contribution in [0.3, 0.4) is 0 Å². The predicted octanol–water partition coefficient (Wildman–Crippen LogP) is 3.88. The van der Waals surface area contributed by atoms with Crippen LogP contribution in [0.25, 0.3) is 0 Å². The average Bonchev–Trinajstić information content (AvgIpc) is 2.42. The number of hydrogen-bond acceptors (Lipinski definition) is 2. The first-order chi connectivity index (χ1) is 9.11. The average molecular weight is 368 g/mol. The maximum absolute atomic E-state index is 10.4. The summed E-state index contributed by atoms with van der Waals surface area (Å²) in [4.78, 5) is 0. The van der Waals surface area contributed by atoms with E-state index in [4.69, 9.17) is 4.74 Å². The van der Waals surface area contributed by atoms with Gasteiger partial charge < -0.3 is 9.84 Å². The highest BCUT2D eigenvalue weighted by Crippen LogP contribution is 2.26. The molecule has 0 saturated carbocycles. The van der Waals surface area contributed by atoms with Crippen LogP contribution in [0.4, 0.5) is 0 Å². The van der Waals surface area contributed by atoms with Gasteiger partial charge in [0.25, 0.3) is 0 Å². The Morgan fingerprint density at radius 3 is 2.68 bits per heavy atom. The summed E-state index contributed by atoms with van der Waals surface area (Å²) in [5.74, 6) is 0.823. The minimum Gasteiger partial charge on any atom is -0.497 e. The van der Waals surface area contributed by atoms with E-state index < -0.39 is 6.10 Å². The van der Waals surface area contributed by atoms with Gasteiger partial charge in [-0.15, -0.1) is 0 Å². The zero-order valence-electron chi connectivity index (χ0n) is 11.1. The Kier molecular flexibility index (Phi) is 4.82. The van der Waals surface area contributed by atoms with E-state index >= 15 is 0 Å². The van der Waals surface area contributed by atoms with Crippen molar-refractivity contribution in [1.29, 1.82) is 0 Å². The lowest BCUT2D eigenvalue weighted by molar-refractivity contribution is 0.177. The molecule has 100 valence electrons. The predicted molar refractivity (Wildman–Crippen MR) is 85.6 cm³/mol. The molecule has 0 aliphatic rings. The maximum Gasteiger partial charge on any atom is 0.119 e. The van der Waals surface area contributed by atoms with Crippen LogP contribution in [0, 0.1) is 10.5 Å². The van der Waals surface area contributed by atoms with Crippen molar-refractivity contribution < 1.29 is 9.84 Å². The molecular formula is C16H17IO2. The summed E-state index contributed by atoms with van der Waals surface area (Å²) in [5.41, 5.74) is 3.26. The van der Waals surface area contributed by atoms with E-state index in [1.165, 1.54) is 5.56 Å². The number of ether oxygens (including phenoxy) is 1. The van der Waals surface area contributed by atoms with E-state index in [9.17, 15) is 5.11 Å². The van der Waals surface area contributed by atoms with Crippen molar-refractivity contribution in [2.75, 3.05) is 7.11 Å². The van der Waals surface area contributed by atoms with Crippen LogP contribution in [-0.4, -0.2) is 12.2 Å². The molecule has 1 N–H and O–H groups in total. The van der Waals surface area contributed by atoms with Gasteiger partial charge in [-0.25, -0.2) is 0 Å². The van der Waals surface area contributed by atoms with Crippen LogP contribution in [0.2, 0.25) is 0 Å². The molecule has 0 radical (unpaired) electrons. The van der Waals surface area contributed by atoms with Gasteiger partial charge in [0.15, 0.2) is 0 Å². The normalized spacial score (nSPS) is 12.2. The summed E-state index contributed by atoms with van der Waals surface area (Å²) in [6.45, 7) is 2.06. The topological polar surface area (TPSA) is 29.5 Å². The van der Waals surface area contributed by atoms with Crippen LogP contribution < -0.4 is 4.74 Å². The van der Waals surface area contributed by atoms with Crippen molar-refractivity contribution in [1.82, 2.24) is 0 Å². The molecular weight excluding hydrogens is 351 g/mol. The van der Waals surface area contributed by atoms with E-state index in [1.54, 1.807) is 7.11 Å². The fourth-order valence-electron chi connectivity index (χ4n) is 2.06. The van der Waals surface area contributed by atoms with Crippen molar-refractivity contribution in [2.45, 2.75) is 19.4 Å². The first-order valence-electron chi connectivity index (χ1n) is 6.18. The Morgan fingerprint density at radius 1 is 1.21 bits per heavy atom. The Bertz CT molecular complexity index is 566. The third-order valence-electron chi connectivity index (χ3n) is 3.14. The monoisotopic (exact) mass is 368 g/mol. The molecule has 0 saturated heterocycles. The van der Waals surface area contributed by atoms with Crippen LogP contribution in [0.5, 0.6) is 5.75 Å². The van der Waals surface area contributed by atoms with Gasteiger partial charge in [-0.05, 0) is 58.3 Å². The Hall–Kier alpha value is -1.07. The van der Waals surface area contributed by atoms with E-state index in [0.29, 0.717) is 6.42 Å². The summed E-state index contributed by atoms with van der Waals surface area (Å²) >= 11 is 2.29. The molecule has 0 amide bonds. The number of benzene rings is 2. The lowest BCUT2D eigenvalue weighted by atomic mass is 10.00. The highest BCUT2D eigenvalue weighted by molar-refractivity contribution is 14.1. The number of aliphatic hydroxyl groups is 1. The summed E-state index contributed by atoms with van der Waals surface area (Å²) in [5, 5.41) is 10.4. The molecule has 2 aromatic rings. The van der Waals surface area contributed by atoms with Crippen LogP contribution in [-0.2, 0) is 6.42 Å². The molecule has 2 aromatic carbocycles. The number of aryl methyl sites for hydroxylation is 1. The minimum absolute atomic E-state index is 0.487. The fraction of sp³-hybridized carbons (Fsp3) is 0.250. The Labute approximate surface area is 127 Å². The van der Waals surface area contributed by atoms with Gasteiger partial charge in [0.1, 0.15) is 5.75 Å². The second-order valence-electron chi connectivity index (χ2n) is 4.55. The second-order valence-corrected chi connectivity index (χ2v) is 5.63. The fourth-order valence-corrected chi connectivity index (χ4v) is 2.78. The minimum atomic E-state index is -0.487. The van der Waals surface area contributed by atoms with Gasteiger partial charge in [0, 0.05) is 9.99 Å². The van der Waals surface area contributed by atoms with Crippen LogP contribution >= 0.6 is 22.6 Å². The number of hydrogen-bond donors (Lipinski definition) is 1. The molecule has 1 atom stereocenters. The lowest BCUT2D eigenvalue weighted by Crippen LogP contribution is -2.05. The van der Waals surface area contributed by atoms with Gasteiger partial charge in [-0.3, -0.25) is 0 Å². The molecule has 0 aliphatic heterocycles. The second kappa shape index (κ2) is 6.39. The summed E-state index contributed by atoms with van der Waals surface area (Å²) < 4.78 is 6.34. The molecule has 0 spiro atoms. The van der Waals surface area contributed by atoms with Crippen molar-refractivity contribution in [3.8, 4) is 5.75 Å². The van der Waals surface area contributed by atoms with Gasteiger partial charge >= 0.3 is 0 Å². The van der Waals surface area contributed by atoms with Crippen molar-refractivity contribution in [2.24, 2.45) is 0 Å². The molecule has 0 fully saturated rings. The first kappa shape index (κ1) is 14.3. The van der Waals surface area contributed by atoms with Crippen molar-refractivity contribution in [3.05, 3.63) is 62.7 Å². The molecule has 0 aromatic heterocycles.